The molecule has 17 heavy (non-hydrogen) atoms. The molecule has 1 saturated heterocycles. The molecule has 3 rings (SSSR count). The van der Waals surface area contributed by atoms with Crippen molar-refractivity contribution in [3.63, 3.8) is 0 Å². The highest BCUT2D eigenvalue weighted by atomic mass is 16.9. The molecule has 1 unspecified atom stereocenters. The molecule has 0 aromatic heterocycles. The lowest BCUT2D eigenvalue weighted by atomic mass is 10.1. The lowest BCUT2D eigenvalue weighted by Gasteiger charge is -2.31. The van der Waals surface area contributed by atoms with E-state index in [1.54, 1.807) is 0 Å². The molecule has 0 bridgehead atoms. The molecule has 2 heterocycles. The molecule has 1 fully saturated rings. The minimum absolute atomic E-state index is 0.0258. The van der Waals surface area contributed by atoms with Gasteiger partial charge >= 0.3 is 5.97 Å². The zero-order chi connectivity index (χ0) is 11.7. The van der Waals surface area contributed by atoms with E-state index in [9.17, 15) is 0 Å². The van der Waals surface area contributed by atoms with Crippen LogP contribution in [0.3, 0.4) is 0 Å². The Kier molecular flexibility index (Phi) is 2.65. The summed E-state index contributed by atoms with van der Waals surface area (Å²) in [5.74, 6) is 0.0317. The largest absolute Gasteiger partial charge is 0.444 e. The average molecular weight is 232 g/mol. The molecule has 1 aromatic rings. The van der Waals surface area contributed by atoms with Gasteiger partial charge in [-0.1, -0.05) is 30.3 Å². The van der Waals surface area contributed by atoms with Gasteiger partial charge in [-0.2, -0.15) is 0 Å². The van der Waals surface area contributed by atoms with Gasteiger partial charge in [-0.05, 0) is 25.0 Å². The van der Waals surface area contributed by atoms with Crippen LogP contribution in [0.5, 0.6) is 0 Å². The number of allylic oxidation sites excluding steroid dienone is 2. The average Bonchev–Trinajstić information content (AvgIpc) is 2.74. The molecule has 0 amide bonds. The van der Waals surface area contributed by atoms with E-state index in [1.807, 2.05) is 25.1 Å². The van der Waals surface area contributed by atoms with E-state index in [-0.39, 0.29) is 6.10 Å². The summed E-state index contributed by atoms with van der Waals surface area (Å²) in [6, 6.07) is 10.1. The highest BCUT2D eigenvalue weighted by Gasteiger charge is 2.45. The van der Waals surface area contributed by atoms with E-state index >= 15 is 0 Å². The van der Waals surface area contributed by atoms with Gasteiger partial charge in [0.05, 0.1) is 12.4 Å². The summed E-state index contributed by atoms with van der Waals surface area (Å²) in [4.78, 5) is 0. The van der Waals surface area contributed by atoms with Crippen molar-refractivity contribution < 1.29 is 14.2 Å². The van der Waals surface area contributed by atoms with Crippen molar-refractivity contribution in [2.24, 2.45) is 0 Å². The van der Waals surface area contributed by atoms with Gasteiger partial charge in [0.15, 0.2) is 0 Å². The highest BCUT2D eigenvalue weighted by molar-refractivity contribution is 5.18. The van der Waals surface area contributed by atoms with Crippen LogP contribution in [0.2, 0.25) is 0 Å². The first-order valence-electron chi connectivity index (χ1n) is 6.00. The fourth-order valence-corrected chi connectivity index (χ4v) is 2.29. The van der Waals surface area contributed by atoms with Crippen LogP contribution in [0.4, 0.5) is 0 Å². The summed E-state index contributed by atoms with van der Waals surface area (Å²) in [6.07, 6.45) is 3.73. The maximum atomic E-state index is 5.96. The van der Waals surface area contributed by atoms with Crippen LogP contribution in [0, 0.1) is 0 Å². The van der Waals surface area contributed by atoms with Crippen molar-refractivity contribution in [1.29, 1.82) is 0 Å². The van der Waals surface area contributed by atoms with Crippen LogP contribution in [-0.4, -0.2) is 12.6 Å². The third kappa shape index (κ3) is 2.08. The Labute approximate surface area is 101 Å². The molecule has 0 radical (unpaired) electrons. The molecule has 2 aliphatic heterocycles. The fourth-order valence-electron chi connectivity index (χ4n) is 2.29. The van der Waals surface area contributed by atoms with Crippen LogP contribution in [-0.2, 0) is 14.2 Å². The van der Waals surface area contributed by atoms with Crippen molar-refractivity contribution in [1.82, 2.24) is 0 Å². The third-order valence-corrected chi connectivity index (χ3v) is 3.15. The van der Waals surface area contributed by atoms with E-state index in [2.05, 4.69) is 18.2 Å². The van der Waals surface area contributed by atoms with Gasteiger partial charge in [-0.15, -0.1) is 0 Å². The minimum Gasteiger partial charge on any atom is -0.444 e. The summed E-state index contributed by atoms with van der Waals surface area (Å²) in [6.45, 7) is 2.49. The van der Waals surface area contributed by atoms with E-state index in [0.29, 0.717) is 6.61 Å². The minimum atomic E-state index is -0.848. The Bertz CT molecular complexity index is 426. The molecule has 0 N–H and O–H groups in total. The van der Waals surface area contributed by atoms with Crippen LogP contribution < -0.4 is 0 Å². The molecule has 2 aliphatic rings. The lowest BCUT2D eigenvalue weighted by molar-refractivity contribution is -0.327. The van der Waals surface area contributed by atoms with Crippen molar-refractivity contribution in [2.75, 3.05) is 6.61 Å². The number of benzene rings is 1. The third-order valence-electron chi connectivity index (χ3n) is 3.15. The van der Waals surface area contributed by atoms with Crippen LogP contribution in [0.15, 0.2) is 42.2 Å². The fraction of sp³-hybridized carbons (Fsp3) is 0.429. The van der Waals surface area contributed by atoms with Crippen LogP contribution >= 0.6 is 0 Å². The second kappa shape index (κ2) is 4.17. The number of hydrogen-bond acceptors (Lipinski definition) is 3. The zero-order valence-electron chi connectivity index (χ0n) is 9.89. The Morgan fingerprint density at radius 3 is 2.82 bits per heavy atom. The number of hydrogen-bond donors (Lipinski definition) is 0. The van der Waals surface area contributed by atoms with Crippen molar-refractivity contribution in [3.05, 3.63) is 47.7 Å². The summed E-state index contributed by atoms with van der Waals surface area (Å²) in [7, 11) is 0. The van der Waals surface area contributed by atoms with E-state index in [0.717, 1.165) is 24.2 Å². The van der Waals surface area contributed by atoms with E-state index < -0.39 is 5.97 Å². The Morgan fingerprint density at radius 2 is 2.06 bits per heavy atom. The van der Waals surface area contributed by atoms with Gasteiger partial charge in [0.2, 0.25) is 0 Å². The second-order valence-corrected chi connectivity index (χ2v) is 4.47. The molecule has 90 valence electrons. The summed E-state index contributed by atoms with van der Waals surface area (Å²) in [5, 5.41) is 0. The van der Waals surface area contributed by atoms with Gasteiger partial charge in [0.25, 0.3) is 0 Å². The zero-order valence-corrected chi connectivity index (χ0v) is 9.89. The molecular weight excluding hydrogens is 216 g/mol. The first kappa shape index (κ1) is 10.8. The number of rotatable bonds is 1. The summed E-state index contributed by atoms with van der Waals surface area (Å²) >= 11 is 0. The smallest absolute Gasteiger partial charge is 0.327 e. The Morgan fingerprint density at radius 1 is 1.24 bits per heavy atom. The molecular formula is C14H16O3. The van der Waals surface area contributed by atoms with Crippen molar-refractivity contribution >= 4 is 0 Å². The highest BCUT2D eigenvalue weighted by Crippen LogP contribution is 2.40. The Balaban J connectivity index is 1.76. The van der Waals surface area contributed by atoms with Crippen LogP contribution in [0.1, 0.15) is 31.4 Å². The van der Waals surface area contributed by atoms with Gasteiger partial charge in [0, 0.05) is 6.42 Å². The molecule has 1 aromatic carbocycles. The number of ether oxygens (including phenoxy) is 3. The van der Waals surface area contributed by atoms with Gasteiger partial charge in [-0.25, -0.2) is 0 Å². The summed E-state index contributed by atoms with van der Waals surface area (Å²) in [5.41, 5.74) is 1.14. The maximum Gasteiger partial charge on any atom is 0.327 e. The predicted octanol–water partition coefficient (Wildman–Crippen LogP) is 3.14. The quantitative estimate of drug-likeness (QED) is 0.744. The molecule has 0 aliphatic carbocycles. The van der Waals surface area contributed by atoms with Gasteiger partial charge in [0.1, 0.15) is 6.10 Å². The first-order chi connectivity index (χ1) is 8.27. The standard InChI is InChI=1S/C14H16O3/c1-11-6-5-9-14(16-11)15-10-13(17-14)12-7-3-2-4-8-12/h2-4,6-8,13H,5,9-10H2,1H3/t13-,14?/m0/s1. The predicted molar refractivity (Wildman–Crippen MR) is 63.0 cm³/mol. The maximum absolute atomic E-state index is 5.96. The lowest BCUT2D eigenvalue weighted by Crippen LogP contribution is -2.35. The van der Waals surface area contributed by atoms with Crippen molar-refractivity contribution in [3.8, 4) is 0 Å². The summed E-state index contributed by atoms with van der Waals surface area (Å²) < 4.78 is 17.4. The molecule has 1 spiro atoms. The van der Waals surface area contributed by atoms with Gasteiger partial charge < -0.3 is 14.2 Å². The van der Waals surface area contributed by atoms with E-state index in [1.165, 1.54) is 0 Å². The second-order valence-electron chi connectivity index (χ2n) is 4.47. The normalized spacial score (nSPS) is 32.3. The SMILES string of the molecule is CC1=CCCC2(OC[C@@H](c3ccccc3)O2)O1. The van der Waals surface area contributed by atoms with Crippen molar-refractivity contribution in [2.45, 2.75) is 31.8 Å². The molecule has 3 heteroatoms. The van der Waals surface area contributed by atoms with E-state index in [4.69, 9.17) is 14.2 Å². The first-order valence-corrected chi connectivity index (χ1v) is 6.00. The monoisotopic (exact) mass is 232 g/mol. The molecule has 0 saturated carbocycles. The van der Waals surface area contributed by atoms with Gasteiger partial charge in [-0.3, -0.25) is 0 Å². The topological polar surface area (TPSA) is 27.7 Å². The Hall–Kier alpha value is -1.32. The molecule has 3 nitrogen and oxygen atoms in total. The molecule has 2 atom stereocenters. The van der Waals surface area contributed by atoms with Crippen LogP contribution in [0.25, 0.3) is 0 Å².